The maximum atomic E-state index is 13.1. The van der Waals surface area contributed by atoms with Gasteiger partial charge in [0.05, 0.1) is 22.6 Å². The van der Waals surface area contributed by atoms with Crippen molar-refractivity contribution in [1.82, 2.24) is 34.3 Å². The largest absolute Gasteiger partial charge is 0.322 e. The third-order valence-corrected chi connectivity index (χ3v) is 10.5. The van der Waals surface area contributed by atoms with Gasteiger partial charge in [0.25, 0.3) is 0 Å². The molecule has 2 aromatic carbocycles. The Balaban J connectivity index is 1.000. The van der Waals surface area contributed by atoms with Gasteiger partial charge in [0.15, 0.2) is 0 Å². The first-order chi connectivity index (χ1) is 22.4. The molecule has 4 aromatic rings. The number of anilines is 2. The van der Waals surface area contributed by atoms with Crippen molar-refractivity contribution in [1.29, 1.82) is 0 Å². The normalized spacial score (nSPS) is 23.0. The van der Waals surface area contributed by atoms with E-state index in [1.807, 2.05) is 57.8 Å². The van der Waals surface area contributed by atoms with Crippen LogP contribution in [0.1, 0.15) is 68.3 Å². The highest BCUT2D eigenvalue weighted by Gasteiger charge is 2.45. The van der Waals surface area contributed by atoms with Gasteiger partial charge in [-0.05, 0) is 100 Å². The molecule has 238 valence electrons. The number of halogens is 1. The zero-order valence-corrected chi connectivity index (χ0v) is 26.7. The van der Waals surface area contributed by atoms with Gasteiger partial charge in [-0.2, -0.15) is 10.2 Å². The fourth-order valence-corrected chi connectivity index (χ4v) is 8.08. The van der Waals surface area contributed by atoms with E-state index in [1.165, 1.54) is 12.8 Å². The molecule has 4 saturated heterocycles. The van der Waals surface area contributed by atoms with Crippen molar-refractivity contribution >= 4 is 35.0 Å². The second kappa shape index (κ2) is 11.8. The van der Waals surface area contributed by atoms with Gasteiger partial charge in [0, 0.05) is 48.2 Å². The van der Waals surface area contributed by atoms with Gasteiger partial charge < -0.3 is 20.4 Å². The first kappa shape index (κ1) is 29.1. The highest BCUT2D eigenvalue weighted by atomic mass is 35.5. The fraction of sp³-hybridized carbons (Fsp3) is 0.441. The van der Waals surface area contributed by atoms with Crippen molar-refractivity contribution in [3.05, 3.63) is 77.1 Å². The summed E-state index contributed by atoms with van der Waals surface area (Å²) in [7, 11) is 0. The molecule has 6 heterocycles. The van der Waals surface area contributed by atoms with Crippen LogP contribution in [0.15, 0.2) is 55.1 Å². The van der Waals surface area contributed by atoms with E-state index in [0.717, 1.165) is 78.2 Å². The smallest absolute Gasteiger partial charge is 0.318 e. The van der Waals surface area contributed by atoms with Crippen LogP contribution >= 0.6 is 11.6 Å². The lowest BCUT2D eigenvalue weighted by Crippen LogP contribution is -2.62. The van der Waals surface area contributed by atoms with Gasteiger partial charge >= 0.3 is 12.1 Å². The van der Waals surface area contributed by atoms with Crippen molar-refractivity contribution in [3.63, 3.8) is 0 Å². The number of aromatic nitrogens is 5. The van der Waals surface area contributed by atoms with E-state index in [4.69, 9.17) is 11.6 Å². The van der Waals surface area contributed by atoms with Crippen LogP contribution in [-0.4, -0.2) is 70.6 Å². The topological polar surface area (TPSA) is 113 Å². The molecule has 0 saturated carbocycles. The predicted octanol–water partition coefficient (Wildman–Crippen LogP) is 6.52. The number of nitrogens with zero attached hydrogens (tertiary/aromatic N) is 7. The quantitative estimate of drug-likeness (QED) is 0.239. The molecule has 0 radical (unpaired) electrons. The molecule has 0 aliphatic carbocycles. The van der Waals surface area contributed by atoms with Crippen molar-refractivity contribution in [2.45, 2.75) is 95.3 Å². The van der Waals surface area contributed by atoms with Crippen LogP contribution in [0.4, 0.5) is 21.0 Å². The average molecular weight is 640 g/mol. The predicted molar refractivity (Wildman–Crippen MR) is 176 cm³/mol. The molecule has 4 aliphatic rings. The van der Waals surface area contributed by atoms with Crippen molar-refractivity contribution in [2.75, 3.05) is 10.6 Å². The number of hydrogen-bond donors (Lipinski definition) is 2. The zero-order valence-electron chi connectivity index (χ0n) is 25.9. The van der Waals surface area contributed by atoms with E-state index in [1.54, 1.807) is 23.4 Å². The number of fused-ring (bicyclic) bond motifs is 4. The Bertz CT molecular complexity index is 1770. The molecule has 12 heteroatoms. The summed E-state index contributed by atoms with van der Waals surface area (Å²) < 4.78 is 3.60. The number of urea groups is 2. The fourth-order valence-electron chi connectivity index (χ4n) is 7.95. The Kier molecular flexibility index (Phi) is 7.43. The minimum atomic E-state index is -0.0345. The standard InChI is InChI=1S/C34H38ClN9O2/c1-21-8-11-24(39-33(45)42-26-4-2-5-27(42)16-26)14-30(21)44-32(36-20-38-44)13-10-22-9-12-25(15-31(22)41-19-23(35)18-37-41)40-34(46)43-28-6-3-7-29(43)17-28/h8-9,11-12,14-15,18-20,26-29H,2-7,10,13,16-17H2,1H3,(H,39,45)(H,40,46). The summed E-state index contributed by atoms with van der Waals surface area (Å²) in [4.78, 5) is 34.8. The highest BCUT2D eigenvalue weighted by molar-refractivity contribution is 6.30. The SMILES string of the molecule is Cc1ccc(NC(=O)N2C3CCCC2C3)cc1-n1ncnc1CCc1ccc(NC(=O)N2C3CCCC2C3)cc1-n1cc(Cl)cn1. The van der Waals surface area contributed by atoms with E-state index in [-0.39, 0.29) is 12.1 Å². The third-order valence-electron chi connectivity index (χ3n) is 10.3. The van der Waals surface area contributed by atoms with Gasteiger partial charge in [-0.1, -0.05) is 23.7 Å². The number of carbonyl (C=O) groups is 2. The summed E-state index contributed by atoms with van der Waals surface area (Å²) in [6, 6.07) is 13.3. The molecule has 2 aromatic heterocycles. The number of hydrogen-bond acceptors (Lipinski definition) is 5. The van der Waals surface area contributed by atoms with Crippen molar-refractivity contribution in [2.24, 2.45) is 0 Å². The lowest BCUT2D eigenvalue weighted by molar-refractivity contribution is 0.0170. The van der Waals surface area contributed by atoms with Crippen LogP contribution in [0.2, 0.25) is 5.02 Å². The Morgan fingerprint density at radius 1 is 0.826 bits per heavy atom. The number of benzene rings is 2. The van der Waals surface area contributed by atoms with E-state index < -0.39 is 0 Å². The van der Waals surface area contributed by atoms with Crippen LogP contribution in [0, 0.1) is 6.92 Å². The van der Waals surface area contributed by atoms with E-state index in [0.29, 0.717) is 42.0 Å². The van der Waals surface area contributed by atoms with Crippen LogP contribution in [0.5, 0.6) is 0 Å². The first-order valence-electron chi connectivity index (χ1n) is 16.4. The number of aryl methyl sites for hydroxylation is 3. The minimum absolute atomic E-state index is 0.0202. The summed E-state index contributed by atoms with van der Waals surface area (Å²) in [6.45, 7) is 2.03. The minimum Gasteiger partial charge on any atom is -0.318 e. The van der Waals surface area contributed by atoms with Gasteiger partial charge in [0.2, 0.25) is 0 Å². The molecule has 0 spiro atoms. The summed E-state index contributed by atoms with van der Waals surface area (Å²) in [5, 5.41) is 15.8. The Labute approximate surface area is 272 Å². The van der Waals surface area contributed by atoms with Crippen LogP contribution in [0.3, 0.4) is 0 Å². The second-order valence-corrected chi connectivity index (χ2v) is 13.6. The number of nitrogens with one attached hydrogen (secondary N) is 2. The van der Waals surface area contributed by atoms with Crippen LogP contribution in [0.25, 0.3) is 11.4 Å². The lowest BCUT2D eigenvalue weighted by atomic mass is 9.80. The van der Waals surface area contributed by atoms with Gasteiger partial charge in [-0.25, -0.2) is 23.9 Å². The van der Waals surface area contributed by atoms with Gasteiger partial charge in [-0.15, -0.1) is 0 Å². The first-order valence-corrected chi connectivity index (χ1v) is 16.8. The molecule has 4 aliphatic heterocycles. The zero-order chi connectivity index (χ0) is 31.4. The van der Waals surface area contributed by atoms with Gasteiger partial charge in [0.1, 0.15) is 12.2 Å². The maximum absolute atomic E-state index is 13.1. The molecule has 4 bridgehead atoms. The monoisotopic (exact) mass is 639 g/mol. The molecule has 46 heavy (non-hydrogen) atoms. The van der Waals surface area contributed by atoms with Crippen molar-refractivity contribution in [3.8, 4) is 11.4 Å². The van der Waals surface area contributed by atoms with Crippen LogP contribution < -0.4 is 10.6 Å². The number of amides is 4. The summed E-state index contributed by atoms with van der Waals surface area (Å²) in [5.74, 6) is 0.801. The summed E-state index contributed by atoms with van der Waals surface area (Å²) in [6.07, 6.45) is 15.2. The van der Waals surface area contributed by atoms with E-state index in [2.05, 4.69) is 25.8 Å². The maximum Gasteiger partial charge on any atom is 0.322 e. The number of rotatable bonds is 7. The second-order valence-electron chi connectivity index (χ2n) is 13.2. The number of carbonyl (C=O) groups excluding carboxylic acids is 2. The molecule has 4 unspecified atom stereocenters. The molecule has 4 atom stereocenters. The lowest BCUT2D eigenvalue weighted by Gasteiger charge is -2.52. The van der Waals surface area contributed by atoms with Gasteiger partial charge in [-0.3, -0.25) is 0 Å². The Morgan fingerprint density at radius 2 is 1.43 bits per heavy atom. The molecule has 4 fully saturated rings. The summed E-state index contributed by atoms with van der Waals surface area (Å²) >= 11 is 6.26. The molecule has 11 nitrogen and oxygen atoms in total. The molecule has 2 N–H and O–H groups in total. The molecule has 8 rings (SSSR count). The summed E-state index contributed by atoms with van der Waals surface area (Å²) in [5.41, 5.74) is 5.25. The van der Waals surface area contributed by atoms with E-state index >= 15 is 0 Å². The molecular weight excluding hydrogens is 602 g/mol. The Morgan fingerprint density at radius 3 is 2.02 bits per heavy atom. The number of piperidine rings is 2. The molecular formula is C34H38ClN9O2. The third kappa shape index (κ3) is 5.30. The van der Waals surface area contributed by atoms with Crippen LogP contribution in [-0.2, 0) is 12.8 Å². The average Bonchev–Trinajstić information content (AvgIpc) is 3.70. The Hall–Kier alpha value is -4.38. The van der Waals surface area contributed by atoms with E-state index in [9.17, 15) is 9.59 Å². The molecule has 4 amide bonds. The van der Waals surface area contributed by atoms with Crippen molar-refractivity contribution < 1.29 is 9.59 Å². The highest BCUT2D eigenvalue weighted by Crippen LogP contribution is 2.39.